The van der Waals surface area contributed by atoms with Crippen LogP contribution in [-0.2, 0) is 6.54 Å². The third kappa shape index (κ3) is 3.76. The van der Waals surface area contributed by atoms with Gasteiger partial charge in [-0.2, -0.15) is 0 Å². The van der Waals surface area contributed by atoms with Crippen LogP contribution in [-0.4, -0.2) is 36.2 Å². The maximum atomic E-state index is 11.3. The summed E-state index contributed by atoms with van der Waals surface area (Å²) in [7, 11) is 3.63. The standard InChI is InChI=1S/C17H25NO3/c1-12-6-4-5-7-15(12)18(2)11-13-8-9-16(21-3)14(10-13)17(19)20/h8-10,12,15H,4-7,11H2,1-3H3,(H,19,20). The lowest BCUT2D eigenvalue weighted by atomic mass is 9.85. The quantitative estimate of drug-likeness (QED) is 0.903. The zero-order valence-corrected chi connectivity index (χ0v) is 13.1. The van der Waals surface area contributed by atoms with Gasteiger partial charge in [0.15, 0.2) is 0 Å². The summed E-state index contributed by atoms with van der Waals surface area (Å²) in [6, 6.07) is 6.02. The minimum atomic E-state index is -0.942. The summed E-state index contributed by atoms with van der Waals surface area (Å²) in [6.45, 7) is 3.09. The second-order valence-electron chi connectivity index (χ2n) is 6.08. The van der Waals surface area contributed by atoms with Gasteiger partial charge in [0.25, 0.3) is 0 Å². The van der Waals surface area contributed by atoms with Crippen LogP contribution in [0.4, 0.5) is 0 Å². The van der Waals surface area contributed by atoms with Crippen LogP contribution in [0.15, 0.2) is 18.2 Å². The summed E-state index contributed by atoms with van der Waals surface area (Å²) in [4.78, 5) is 13.6. The van der Waals surface area contributed by atoms with E-state index in [0.717, 1.165) is 12.1 Å². The number of carboxylic acids is 1. The Morgan fingerprint density at radius 2 is 2.10 bits per heavy atom. The van der Waals surface area contributed by atoms with Gasteiger partial charge in [0.2, 0.25) is 0 Å². The van der Waals surface area contributed by atoms with Gasteiger partial charge < -0.3 is 9.84 Å². The van der Waals surface area contributed by atoms with E-state index in [9.17, 15) is 9.90 Å². The molecular weight excluding hydrogens is 266 g/mol. The van der Waals surface area contributed by atoms with Crippen molar-refractivity contribution in [2.45, 2.75) is 45.2 Å². The third-order valence-electron chi connectivity index (χ3n) is 4.56. The molecule has 0 radical (unpaired) electrons. The van der Waals surface area contributed by atoms with Gasteiger partial charge in [0, 0.05) is 12.6 Å². The summed E-state index contributed by atoms with van der Waals surface area (Å²) in [5.74, 6) is 0.184. The zero-order valence-electron chi connectivity index (χ0n) is 13.1. The lowest BCUT2D eigenvalue weighted by Gasteiger charge is -2.36. The minimum Gasteiger partial charge on any atom is -0.496 e. The number of benzene rings is 1. The first kappa shape index (κ1) is 15.8. The molecule has 1 fully saturated rings. The van der Waals surface area contributed by atoms with E-state index in [1.54, 1.807) is 12.1 Å². The van der Waals surface area contributed by atoms with Crippen molar-refractivity contribution in [2.75, 3.05) is 14.2 Å². The molecule has 0 amide bonds. The maximum Gasteiger partial charge on any atom is 0.339 e. The molecule has 2 atom stereocenters. The highest BCUT2D eigenvalue weighted by molar-refractivity contribution is 5.91. The average molecular weight is 291 g/mol. The van der Waals surface area contributed by atoms with Crippen LogP contribution in [0, 0.1) is 5.92 Å². The molecule has 0 aromatic heterocycles. The normalized spacial score (nSPS) is 22.3. The first-order chi connectivity index (χ1) is 10.0. The van der Waals surface area contributed by atoms with Gasteiger partial charge in [-0.25, -0.2) is 4.79 Å². The van der Waals surface area contributed by atoms with Crippen molar-refractivity contribution in [1.29, 1.82) is 0 Å². The molecule has 0 saturated heterocycles. The summed E-state index contributed by atoms with van der Waals surface area (Å²) in [6.07, 6.45) is 5.15. The zero-order chi connectivity index (χ0) is 15.4. The second-order valence-corrected chi connectivity index (χ2v) is 6.08. The van der Waals surface area contributed by atoms with Crippen LogP contribution in [0.3, 0.4) is 0 Å². The molecule has 4 nitrogen and oxygen atoms in total. The van der Waals surface area contributed by atoms with Crippen molar-refractivity contribution < 1.29 is 14.6 Å². The van der Waals surface area contributed by atoms with E-state index < -0.39 is 5.97 Å². The van der Waals surface area contributed by atoms with Crippen LogP contribution in [0.2, 0.25) is 0 Å². The predicted molar refractivity (Wildman–Crippen MR) is 82.8 cm³/mol. The molecule has 0 spiro atoms. The topological polar surface area (TPSA) is 49.8 Å². The van der Waals surface area contributed by atoms with Gasteiger partial charge in [-0.05, 0) is 43.5 Å². The smallest absolute Gasteiger partial charge is 0.339 e. The Balaban J connectivity index is 2.11. The van der Waals surface area contributed by atoms with Gasteiger partial charge >= 0.3 is 5.97 Å². The lowest BCUT2D eigenvalue weighted by molar-refractivity contribution is 0.0693. The maximum absolute atomic E-state index is 11.3. The van der Waals surface area contributed by atoms with Gasteiger partial charge in [-0.3, -0.25) is 4.90 Å². The van der Waals surface area contributed by atoms with Gasteiger partial charge in [-0.1, -0.05) is 25.8 Å². The SMILES string of the molecule is COc1ccc(CN(C)C2CCCCC2C)cc1C(=O)O. The van der Waals surface area contributed by atoms with Gasteiger partial charge in [0.1, 0.15) is 11.3 Å². The molecule has 1 N–H and O–H groups in total. The molecule has 2 rings (SSSR count). The molecule has 21 heavy (non-hydrogen) atoms. The molecule has 1 saturated carbocycles. The Hall–Kier alpha value is -1.55. The Morgan fingerprint density at radius 1 is 1.38 bits per heavy atom. The van der Waals surface area contributed by atoms with Crippen molar-refractivity contribution >= 4 is 5.97 Å². The second kappa shape index (κ2) is 6.94. The van der Waals surface area contributed by atoms with E-state index in [2.05, 4.69) is 18.9 Å². The van der Waals surface area contributed by atoms with E-state index >= 15 is 0 Å². The Kier molecular flexibility index (Phi) is 5.23. The van der Waals surface area contributed by atoms with Crippen molar-refractivity contribution in [3.8, 4) is 5.75 Å². The highest BCUT2D eigenvalue weighted by Gasteiger charge is 2.25. The summed E-state index contributed by atoms with van der Waals surface area (Å²) < 4.78 is 5.11. The monoisotopic (exact) mass is 291 g/mol. The molecule has 4 heteroatoms. The molecule has 1 aromatic rings. The number of hydrogen-bond acceptors (Lipinski definition) is 3. The largest absolute Gasteiger partial charge is 0.496 e. The molecule has 116 valence electrons. The number of rotatable bonds is 5. The number of nitrogens with zero attached hydrogens (tertiary/aromatic N) is 1. The highest BCUT2D eigenvalue weighted by atomic mass is 16.5. The van der Waals surface area contributed by atoms with Crippen LogP contribution in [0.1, 0.15) is 48.5 Å². The molecule has 1 aliphatic carbocycles. The molecule has 0 bridgehead atoms. The number of ether oxygens (including phenoxy) is 1. The van der Waals surface area contributed by atoms with Gasteiger partial charge in [-0.15, -0.1) is 0 Å². The van der Waals surface area contributed by atoms with Crippen LogP contribution < -0.4 is 4.74 Å². The van der Waals surface area contributed by atoms with Crippen molar-refractivity contribution in [1.82, 2.24) is 4.90 Å². The lowest BCUT2D eigenvalue weighted by Crippen LogP contribution is -2.38. The summed E-state index contributed by atoms with van der Waals surface area (Å²) in [5.41, 5.74) is 1.26. The first-order valence-electron chi connectivity index (χ1n) is 7.63. The minimum absolute atomic E-state index is 0.236. The third-order valence-corrected chi connectivity index (χ3v) is 4.56. The van der Waals surface area contributed by atoms with E-state index in [-0.39, 0.29) is 5.56 Å². The number of methoxy groups -OCH3 is 1. The van der Waals surface area contributed by atoms with E-state index in [4.69, 9.17) is 4.74 Å². The molecule has 1 aliphatic rings. The molecule has 0 heterocycles. The number of aromatic carboxylic acids is 1. The predicted octanol–water partition coefficient (Wildman–Crippen LogP) is 3.40. The van der Waals surface area contributed by atoms with E-state index in [0.29, 0.717) is 17.7 Å². The summed E-state index contributed by atoms with van der Waals surface area (Å²) >= 11 is 0. The molecule has 2 unspecified atom stereocenters. The fraction of sp³-hybridized carbons (Fsp3) is 0.588. The van der Waals surface area contributed by atoms with E-state index in [1.165, 1.54) is 32.8 Å². The molecule has 1 aromatic carbocycles. The fourth-order valence-corrected chi connectivity index (χ4v) is 3.38. The van der Waals surface area contributed by atoms with Crippen molar-refractivity contribution in [2.24, 2.45) is 5.92 Å². The van der Waals surface area contributed by atoms with Gasteiger partial charge in [0.05, 0.1) is 7.11 Å². The van der Waals surface area contributed by atoms with Crippen LogP contribution >= 0.6 is 0 Å². The number of hydrogen-bond donors (Lipinski definition) is 1. The molecular formula is C17H25NO3. The van der Waals surface area contributed by atoms with Crippen LogP contribution in [0.25, 0.3) is 0 Å². The fourth-order valence-electron chi connectivity index (χ4n) is 3.38. The van der Waals surface area contributed by atoms with Crippen molar-refractivity contribution in [3.05, 3.63) is 29.3 Å². The Labute approximate surface area is 126 Å². The highest BCUT2D eigenvalue weighted by Crippen LogP contribution is 2.29. The molecule has 0 aliphatic heterocycles. The van der Waals surface area contributed by atoms with Crippen LogP contribution in [0.5, 0.6) is 5.75 Å². The summed E-state index contributed by atoms with van der Waals surface area (Å²) in [5, 5.41) is 9.25. The first-order valence-corrected chi connectivity index (χ1v) is 7.63. The number of carboxylic acid groups (broad SMARTS) is 1. The average Bonchev–Trinajstić information content (AvgIpc) is 2.47. The number of carbonyl (C=O) groups is 1. The Morgan fingerprint density at radius 3 is 2.71 bits per heavy atom. The van der Waals surface area contributed by atoms with E-state index in [1.807, 2.05) is 6.07 Å². The Bertz CT molecular complexity index is 501. The van der Waals surface area contributed by atoms with Crippen molar-refractivity contribution in [3.63, 3.8) is 0 Å².